The van der Waals surface area contributed by atoms with Crippen LogP contribution in [-0.4, -0.2) is 21.9 Å². The summed E-state index contributed by atoms with van der Waals surface area (Å²) in [6.45, 7) is 6.25. The number of nitrogens with zero attached hydrogens (tertiary/aromatic N) is 3. The van der Waals surface area contributed by atoms with E-state index in [0.717, 1.165) is 39.7 Å². The number of anilines is 1. The molecule has 30 heavy (non-hydrogen) atoms. The topological polar surface area (TPSA) is 50.2 Å². The molecule has 0 spiro atoms. The highest BCUT2D eigenvalue weighted by Gasteiger charge is 2.13. The van der Waals surface area contributed by atoms with Crippen molar-refractivity contribution >= 4 is 44.8 Å². The number of aryl methyl sites for hydroxylation is 2. The third-order valence-corrected chi connectivity index (χ3v) is 6.57. The summed E-state index contributed by atoms with van der Waals surface area (Å²) >= 11 is 3.34. The first kappa shape index (κ1) is 20.6. The number of hydrazone groups is 1. The van der Waals surface area contributed by atoms with Gasteiger partial charge in [-0.05, 0) is 44.7 Å². The number of fused-ring (bicyclic) bond motifs is 1. The van der Waals surface area contributed by atoms with E-state index < -0.39 is 0 Å². The molecule has 6 heteroatoms. The van der Waals surface area contributed by atoms with Gasteiger partial charge < -0.3 is 0 Å². The number of hydrogen-bond donors (Lipinski definition) is 1. The summed E-state index contributed by atoms with van der Waals surface area (Å²) < 4.78 is 0. The van der Waals surface area contributed by atoms with E-state index in [-0.39, 0.29) is 0 Å². The van der Waals surface area contributed by atoms with Crippen LogP contribution in [0.2, 0.25) is 0 Å². The third-order valence-electron chi connectivity index (χ3n) is 4.95. The lowest BCUT2D eigenvalue weighted by Gasteiger charge is -2.14. The van der Waals surface area contributed by atoms with Gasteiger partial charge in [0.05, 0.1) is 11.2 Å². The van der Waals surface area contributed by atoms with Crippen LogP contribution in [0.4, 0.5) is 5.13 Å². The summed E-state index contributed by atoms with van der Waals surface area (Å²) in [6, 6.07) is 16.6. The molecule has 0 amide bonds. The Labute approximate surface area is 185 Å². The molecule has 4 nitrogen and oxygen atoms in total. The molecule has 0 aliphatic heterocycles. The lowest BCUT2D eigenvalue weighted by atomic mass is 10.0. The van der Waals surface area contributed by atoms with Crippen molar-refractivity contribution in [2.24, 2.45) is 5.10 Å². The van der Waals surface area contributed by atoms with Gasteiger partial charge in [-0.3, -0.25) is 10.4 Å². The first-order chi connectivity index (χ1) is 14.5. The van der Waals surface area contributed by atoms with Gasteiger partial charge in [-0.2, -0.15) is 5.10 Å². The van der Waals surface area contributed by atoms with Gasteiger partial charge in [-0.1, -0.05) is 42.0 Å². The number of rotatable bonds is 6. The third kappa shape index (κ3) is 4.40. The minimum atomic E-state index is 0.753. The van der Waals surface area contributed by atoms with Crippen molar-refractivity contribution in [2.75, 3.05) is 11.7 Å². The Hall–Kier alpha value is -2.70. The Bertz CT molecular complexity index is 1210. The number of nitrogens with one attached hydrogen (secondary N) is 1. The maximum Gasteiger partial charge on any atom is 0.203 e. The second-order valence-corrected chi connectivity index (χ2v) is 8.94. The Kier molecular flexibility index (Phi) is 6.16. The minimum absolute atomic E-state index is 0.753. The molecule has 4 rings (SSSR count). The molecule has 2 heterocycles. The highest BCUT2D eigenvalue weighted by atomic mass is 32.2. The highest BCUT2D eigenvalue weighted by molar-refractivity contribution is 7.98. The van der Waals surface area contributed by atoms with E-state index in [1.807, 2.05) is 30.5 Å². The van der Waals surface area contributed by atoms with Crippen LogP contribution >= 0.6 is 23.1 Å². The first-order valence-corrected chi connectivity index (χ1v) is 11.9. The van der Waals surface area contributed by atoms with E-state index in [0.29, 0.717) is 0 Å². The van der Waals surface area contributed by atoms with Crippen molar-refractivity contribution in [3.05, 3.63) is 70.7 Å². The molecule has 0 aliphatic rings. The summed E-state index contributed by atoms with van der Waals surface area (Å²) in [6.07, 6.45) is 2.88. The molecule has 0 aliphatic carbocycles. The second kappa shape index (κ2) is 8.98. The lowest BCUT2D eigenvalue weighted by molar-refractivity contribution is 1.09. The minimum Gasteiger partial charge on any atom is -0.253 e. The van der Waals surface area contributed by atoms with Crippen molar-refractivity contribution in [2.45, 2.75) is 32.1 Å². The van der Waals surface area contributed by atoms with Gasteiger partial charge in [0.1, 0.15) is 0 Å². The zero-order valence-electron chi connectivity index (χ0n) is 17.6. The lowest BCUT2D eigenvalue weighted by Crippen LogP contribution is -2.06. The summed E-state index contributed by atoms with van der Waals surface area (Å²) in [5.74, 6) is 0. The quantitative estimate of drug-likeness (QED) is 0.208. The Morgan fingerprint density at radius 2 is 1.90 bits per heavy atom. The molecule has 2 aromatic heterocycles. The number of benzene rings is 2. The van der Waals surface area contributed by atoms with Crippen LogP contribution in [0.25, 0.3) is 22.2 Å². The van der Waals surface area contributed by atoms with Crippen molar-refractivity contribution < 1.29 is 0 Å². The van der Waals surface area contributed by atoms with Crippen LogP contribution in [-0.2, 0) is 6.42 Å². The molecule has 4 aromatic rings. The second-order valence-electron chi connectivity index (χ2n) is 7.27. The van der Waals surface area contributed by atoms with Crippen LogP contribution in [0.3, 0.4) is 0 Å². The SMILES string of the molecule is CSc1c(CC(C)=NNc2nc(-c3ccccc3)cs2)c(C)nc2ccc(C)cc12. The van der Waals surface area contributed by atoms with Gasteiger partial charge in [0.2, 0.25) is 5.13 Å². The average molecular weight is 433 g/mol. The van der Waals surface area contributed by atoms with Gasteiger partial charge in [0.15, 0.2) is 0 Å². The normalized spacial score (nSPS) is 11.8. The maximum atomic E-state index is 4.83. The molecule has 0 fully saturated rings. The van der Waals surface area contributed by atoms with E-state index in [1.54, 1.807) is 23.1 Å². The number of hydrogen-bond acceptors (Lipinski definition) is 6. The summed E-state index contributed by atoms with van der Waals surface area (Å²) in [5, 5.41) is 8.65. The molecule has 0 radical (unpaired) electrons. The average Bonchev–Trinajstić information content (AvgIpc) is 3.23. The van der Waals surface area contributed by atoms with E-state index in [2.05, 4.69) is 65.9 Å². The summed E-state index contributed by atoms with van der Waals surface area (Å²) in [7, 11) is 0. The predicted molar refractivity (Wildman–Crippen MR) is 131 cm³/mol. The van der Waals surface area contributed by atoms with Crippen molar-refractivity contribution in [1.29, 1.82) is 0 Å². The summed E-state index contributed by atoms with van der Waals surface area (Å²) in [5.41, 5.74) is 10.8. The molecule has 0 saturated heterocycles. The molecular formula is C24H24N4S2. The van der Waals surface area contributed by atoms with Crippen LogP contribution in [0.15, 0.2) is 63.9 Å². The Morgan fingerprint density at radius 3 is 2.67 bits per heavy atom. The molecule has 152 valence electrons. The fourth-order valence-corrected chi connectivity index (χ4v) is 4.96. The Morgan fingerprint density at radius 1 is 1.10 bits per heavy atom. The van der Waals surface area contributed by atoms with Gasteiger partial charge >= 0.3 is 0 Å². The number of thiazole rings is 1. The molecular weight excluding hydrogens is 408 g/mol. The largest absolute Gasteiger partial charge is 0.253 e. The number of pyridine rings is 1. The standard InChI is InChI=1S/C24H24N4S2/c1-15-10-11-21-20(12-15)23(29-4)19(17(3)25-21)13-16(2)27-28-24-26-22(14-30-24)18-8-6-5-7-9-18/h5-12,14H,13H2,1-4H3,(H,26,28). The van der Waals surface area contributed by atoms with E-state index >= 15 is 0 Å². The molecule has 2 aromatic carbocycles. The molecule has 0 saturated carbocycles. The smallest absolute Gasteiger partial charge is 0.203 e. The van der Waals surface area contributed by atoms with E-state index in [4.69, 9.17) is 4.98 Å². The van der Waals surface area contributed by atoms with Crippen LogP contribution < -0.4 is 5.43 Å². The Balaban J connectivity index is 1.56. The van der Waals surface area contributed by atoms with Crippen LogP contribution in [0, 0.1) is 13.8 Å². The van der Waals surface area contributed by atoms with Crippen molar-refractivity contribution in [3.8, 4) is 11.3 Å². The van der Waals surface area contributed by atoms with E-state index in [9.17, 15) is 0 Å². The number of aromatic nitrogens is 2. The van der Waals surface area contributed by atoms with Crippen LogP contribution in [0.5, 0.6) is 0 Å². The molecule has 0 bridgehead atoms. The molecule has 0 atom stereocenters. The predicted octanol–water partition coefficient (Wildman–Crippen LogP) is 6.73. The molecule has 1 N–H and O–H groups in total. The van der Waals surface area contributed by atoms with Gasteiger partial charge in [0, 0.05) is 39.1 Å². The van der Waals surface area contributed by atoms with E-state index in [1.165, 1.54) is 21.4 Å². The first-order valence-electron chi connectivity index (χ1n) is 9.79. The summed E-state index contributed by atoms with van der Waals surface area (Å²) in [4.78, 5) is 10.8. The fraction of sp³-hybridized carbons (Fsp3) is 0.208. The molecule has 0 unspecified atom stereocenters. The maximum absolute atomic E-state index is 4.83. The van der Waals surface area contributed by atoms with Crippen LogP contribution in [0.1, 0.15) is 23.7 Å². The zero-order chi connectivity index (χ0) is 21.1. The van der Waals surface area contributed by atoms with Gasteiger partial charge in [-0.25, -0.2) is 4.98 Å². The van der Waals surface area contributed by atoms with Gasteiger partial charge in [-0.15, -0.1) is 23.1 Å². The fourth-order valence-electron chi connectivity index (χ4n) is 3.45. The zero-order valence-corrected chi connectivity index (χ0v) is 19.2. The number of thioether (sulfide) groups is 1. The van der Waals surface area contributed by atoms with Gasteiger partial charge in [0.25, 0.3) is 0 Å². The van der Waals surface area contributed by atoms with Crippen molar-refractivity contribution in [1.82, 2.24) is 9.97 Å². The van der Waals surface area contributed by atoms with Crippen molar-refractivity contribution in [3.63, 3.8) is 0 Å². The monoisotopic (exact) mass is 432 g/mol. The highest BCUT2D eigenvalue weighted by Crippen LogP contribution is 2.32.